The number of rotatable bonds is 7. The van der Waals surface area contributed by atoms with Crippen LogP contribution in [0.1, 0.15) is 5.56 Å². The lowest BCUT2D eigenvalue weighted by Crippen LogP contribution is -3.27. The number of nitriles is 1. The highest BCUT2D eigenvalue weighted by Crippen LogP contribution is 2.15. The number of likely N-dealkylation sites (N-methyl/N-ethyl adjacent to an activating group) is 1. The molecule has 2 N–H and O–H groups in total. The van der Waals surface area contributed by atoms with E-state index in [1.54, 1.807) is 15.9 Å². The molecule has 0 bridgehead atoms. The predicted molar refractivity (Wildman–Crippen MR) is 79.7 cm³/mol. The maximum Gasteiger partial charge on any atom is 0.137 e. The van der Waals surface area contributed by atoms with Gasteiger partial charge in [0.2, 0.25) is 0 Å². The first-order chi connectivity index (χ1) is 10.3. The lowest BCUT2D eigenvalue weighted by molar-refractivity contribution is -1.00. The first-order valence-electron chi connectivity index (χ1n) is 7.64. The van der Waals surface area contributed by atoms with Gasteiger partial charge in [-0.05, 0) is 12.1 Å². The van der Waals surface area contributed by atoms with Crippen LogP contribution < -0.4 is 14.5 Å². The fraction of sp³-hybridized carbons (Fsp3) is 0.562. The van der Waals surface area contributed by atoms with Crippen LogP contribution in [0.3, 0.4) is 0 Å². The van der Waals surface area contributed by atoms with Crippen molar-refractivity contribution in [3.63, 3.8) is 0 Å². The van der Waals surface area contributed by atoms with Crippen molar-refractivity contribution in [3.8, 4) is 11.8 Å². The average Bonchev–Trinajstić information content (AvgIpc) is 2.53. The third-order valence-electron chi connectivity index (χ3n) is 3.90. The molecule has 1 saturated heterocycles. The Balaban J connectivity index is 1.55. The largest absolute Gasteiger partial charge is 0.490 e. The van der Waals surface area contributed by atoms with Gasteiger partial charge in [0, 0.05) is 0 Å². The van der Waals surface area contributed by atoms with Crippen molar-refractivity contribution in [2.75, 3.05) is 59.6 Å². The quantitative estimate of drug-likeness (QED) is 0.593. The average molecular weight is 291 g/mol. The van der Waals surface area contributed by atoms with Crippen LogP contribution in [0.4, 0.5) is 0 Å². The van der Waals surface area contributed by atoms with Crippen molar-refractivity contribution in [1.29, 1.82) is 5.26 Å². The predicted octanol–water partition coefficient (Wildman–Crippen LogP) is -1.63. The molecular weight excluding hydrogens is 266 g/mol. The van der Waals surface area contributed by atoms with Gasteiger partial charge in [-0.2, -0.15) is 5.26 Å². The maximum atomic E-state index is 8.96. The summed E-state index contributed by atoms with van der Waals surface area (Å²) in [6.07, 6.45) is 0. The fourth-order valence-corrected chi connectivity index (χ4v) is 2.49. The van der Waals surface area contributed by atoms with Gasteiger partial charge >= 0.3 is 0 Å². The van der Waals surface area contributed by atoms with Crippen LogP contribution in [-0.2, 0) is 4.74 Å². The van der Waals surface area contributed by atoms with E-state index in [-0.39, 0.29) is 0 Å². The van der Waals surface area contributed by atoms with Crippen LogP contribution in [0.25, 0.3) is 0 Å². The minimum absolute atomic E-state index is 0.487. The fourth-order valence-electron chi connectivity index (χ4n) is 2.49. The van der Waals surface area contributed by atoms with Gasteiger partial charge in [0.1, 0.15) is 51.1 Å². The molecule has 1 aliphatic rings. The number of quaternary nitrogens is 2. The number of hydrogen-bond acceptors (Lipinski definition) is 3. The van der Waals surface area contributed by atoms with Gasteiger partial charge in [-0.1, -0.05) is 12.1 Å². The zero-order valence-electron chi connectivity index (χ0n) is 12.7. The van der Waals surface area contributed by atoms with Gasteiger partial charge in [-0.25, -0.2) is 0 Å². The van der Waals surface area contributed by atoms with E-state index in [0.717, 1.165) is 13.2 Å². The first kappa shape index (κ1) is 15.8. The number of nitrogens with zero attached hydrogens (tertiary/aromatic N) is 1. The van der Waals surface area contributed by atoms with Gasteiger partial charge in [-0.15, -0.1) is 0 Å². The molecule has 1 aromatic carbocycles. The molecule has 0 aromatic heterocycles. The topological polar surface area (TPSA) is 51.1 Å². The summed E-state index contributed by atoms with van der Waals surface area (Å²) < 4.78 is 11.2. The van der Waals surface area contributed by atoms with Crippen molar-refractivity contribution in [1.82, 2.24) is 0 Å². The van der Waals surface area contributed by atoms with E-state index >= 15 is 0 Å². The third kappa shape index (κ3) is 5.35. The van der Waals surface area contributed by atoms with Crippen LogP contribution in [-0.4, -0.2) is 59.6 Å². The second-order valence-corrected chi connectivity index (χ2v) is 5.53. The van der Waals surface area contributed by atoms with E-state index in [2.05, 4.69) is 13.1 Å². The Hall–Kier alpha value is -1.61. The minimum Gasteiger partial charge on any atom is -0.490 e. The second kappa shape index (κ2) is 8.63. The van der Waals surface area contributed by atoms with Crippen molar-refractivity contribution in [2.45, 2.75) is 0 Å². The standard InChI is InChI=1S/C16H23N3O2/c1-18-6-8-19(9-7-18)10-11-20-12-13-21-16-5-3-2-4-15(16)14-17/h2-5H,6-13H2,1H3/p+2. The zero-order valence-corrected chi connectivity index (χ0v) is 12.7. The highest BCUT2D eigenvalue weighted by Gasteiger charge is 2.18. The smallest absolute Gasteiger partial charge is 0.137 e. The minimum atomic E-state index is 0.487. The molecule has 0 aliphatic carbocycles. The summed E-state index contributed by atoms with van der Waals surface area (Å²) >= 11 is 0. The Morgan fingerprint density at radius 1 is 1.10 bits per heavy atom. The Kier molecular flexibility index (Phi) is 6.48. The van der Waals surface area contributed by atoms with Crippen molar-refractivity contribution < 1.29 is 19.3 Å². The van der Waals surface area contributed by atoms with Gasteiger partial charge in [0.15, 0.2) is 0 Å². The number of hydrogen-bond donors (Lipinski definition) is 2. The van der Waals surface area contributed by atoms with E-state index in [4.69, 9.17) is 14.7 Å². The Labute approximate surface area is 126 Å². The number of piperazine rings is 1. The van der Waals surface area contributed by atoms with Crippen LogP contribution in [0.5, 0.6) is 5.75 Å². The normalized spacial score (nSPS) is 21.7. The molecule has 0 unspecified atom stereocenters. The Bertz CT molecular complexity index is 465. The summed E-state index contributed by atoms with van der Waals surface area (Å²) in [6.45, 7) is 7.88. The summed E-state index contributed by atoms with van der Waals surface area (Å²) in [5.74, 6) is 0.635. The highest BCUT2D eigenvalue weighted by molar-refractivity contribution is 5.42. The van der Waals surface area contributed by atoms with Crippen LogP contribution in [0, 0.1) is 11.3 Å². The Morgan fingerprint density at radius 2 is 1.86 bits per heavy atom. The van der Waals surface area contributed by atoms with Crippen LogP contribution in [0.2, 0.25) is 0 Å². The lowest BCUT2D eigenvalue weighted by atomic mass is 10.2. The molecule has 0 amide bonds. The molecule has 2 rings (SSSR count). The zero-order chi connectivity index (χ0) is 14.9. The van der Waals surface area contributed by atoms with Crippen molar-refractivity contribution >= 4 is 0 Å². The summed E-state index contributed by atoms with van der Waals surface area (Å²) in [5.41, 5.74) is 0.571. The molecule has 5 nitrogen and oxygen atoms in total. The van der Waals surface area contributed by atoms with Gasteiger partial charge < -0.3 is 19.3 Å². The molecule has 21 heavy (non-hydrogen) atoms. The third-order valence-corrected chi connectivity index (χ3v) is 3.90. The monoisotopic (exact) mass is 291 g/mol. The molecule has 114 valence electrons. The van der Waals surface area contributed by atoms with Gasteiger partial charge in [-0.3, -0.25) is 0 Å². The summed E-state index contributed by atoms with van der Waals surface area (Å²) in [5, 5.41) is 8.96. The van der Waals surface area contributed by atoms with E-state index in [9.17, 15) is 0 Å². The second-order valence-electron chi connectivity index (χ2n) is 5.53. The number of para-hydroxylation sites is 1. The summed E-state index contributed by atoms with van der Waals surface area (Å²) in [7, 11) is 2.25. The van der Waals surface area contributed by atoms with E-state index < -0.39 is 0 Å². The summed E-state index contributed by atoms with van der Waals surface area (Å²) in [4.78, 5) is 3.26. The molecular formula is C16H25N3O2+2. The SMILES string of the molecule is C[NH+]1CC[NH+](CCOCCOc2ccccc2C#N)CC1. The van der Waals surface area contributed by atoms with Crippen LogP contribution in [0.15, 0.2) is 24.3 Å². The van der Waals surface area contributed by atoms with Crippen molar-refractivity contribution in [3.05, 3.63) is 29.8 Å². The van der Waals surface area contributed by atoms with Gasteiger partial charge in [0.05, 0.1) is 25.8 Å². The molecule has 1 fully saturated rings. The van der Waals surface area contributed by atoms with Crippen LogP contribution >= 0.6 is 0 Å². The van der Waals surface area contributed by atoms with Gasteiger partial charge in [0.25, 0.3) is 0 Å². The van der Waals surface area contributed by atoms with Crippen molar-refractivity contribution in [2.24, 2.45) is 0 Å². The number of benzene rings is 1. The lowest BCUT2D eigenvalue weighted by Gasteiger charge is -2.27. The number of ether oxygens (including phenoxy) is 2. The molecule has 5 heteroatoms. The number of nitrogens with one attached hydrogen (secondary N) is 2. The summed E-state index contributed by atoms with van der Waals surface area (Å²) in [6, 6.07) is 9.40. The molecule has 0 spiro atoms. The molecule has 0 atom stereocenters. The van der Waals surface area contributed by atoms with E-state index in [1.165, 1.54) is 26.2 Å². The molecule has 1 aromatic rings. The first-order valence-corrected chi connectivity index (χ1v) is 7.64. The highest BCUT2D eigenvalue weighted by atomic mass is 16.5. The maximum absolute atomic E-state index is 8.96. The Morgan fingerprint density at radius 3 is 2.62 bits per heavy atom. The molecule has 1 heterocycles. The van der Waals surface area contributed by atoms with E-state index in [0.29, 0.717) is 24.5 Å². The molecule has 0 radical (unpaired) electrons. The molecule has 1 aliphatic heterocycles. The van der Waals surface area contributed by atoms with E-state index in [1.807, 2.05) is 18.2 Å². The molecule has 0 saturated carbocycles.